The quantitative estimate of drug-likeness (QED) is 0.351. The fourth-order valence-electron chi connectivity index (χ4n) is 4.20. The van der Waals surface area contributed by atoms with Crippen LogP contribution in [0.5, 0.6) is 0 Å². The Morgan fingerprint density at radius 2 is 1.85 bits per heavy atom. The summed E-state index contributed by atoms with van der Waals surface area (Å²) in [6.07, 6.45) is 0. The molecule has 0 bridgehead atoms. The van der Waals surface area contributed by atoms with E-state index in [0.29, 0.717) is 12.3 Å². The molecular formula is C24H30N4O6. The zero-order chi connectivity index (χ0) is 24.8. The minimum Gasteiger partial charge on any atom is -0.465 e. The standard InChI is InChI=1S/C24H30N4O6/c1-5-34-23(29)15-27-16(2)13-26(14-17(27)3)20-8-6-7-19(12-20)25-21-10-9-18(24(30)33-4)11-22(21)28(31)32/h6-12,16-17,25H,5,13-15H2,1-4H3. The number of esters is 2. The van der Waals surface area contributed by atoms with Crippen molar-refractivity contribution in [2.24, 2.45) is 0 Å². The van der Waals surface area contributed by atoms with Crippen LogP contribution in [0.1, 0.15) is 31.1 Å². The van der Waals surface area contributed by atoms with Crippen LogP contribution >= 0.6 is 0 Å². The number of rotatable bonds is 8. The van der Waals surface area contributed by atoms with Gasteiger partial charge >= 0.3 is 11.9 Å². The van der Waals surface area contributed by atoms with E-state index in [-0.39, 0.29) is 41.5 Å². The van der Waals surface area contributed by atoms with Crippen LogP contribution in [-0.2, 0) is 14.3 Å². The topological polar surface area (TPSA) is 114 Å². The Kier molecular flexibility index (Phi) is 8.06. The summed E-state index contributed by atoms with van der Waals surface area (Å²) < 4.78 is 9.76. The molecule has 34 heavy (non-hydrogen) atoms. The van der Waals surface area contributed by atoms with E-state index < -0.39 is 10.9 Å². The molecule has 1 aliphatic rings. The molecule has 1 fully saturated rings. The first-order valence-electron chi connectivity index (χ1n) is 11.1. The van der Waals surface area contributed by atoms with Crippen molar-refractivity contribution in [2.75, 3.05) is 43.6 Å². The number of nitrogens with zero attached hydrogens (tertiary/aromatic N) is 3. The predicted octanol–water partition coefficient (Wildman–Crippen LogP) is 3.59. The SMILES string of the molecule is CCOC(=O)CN1C(C)CN(c2cccc(Nc3ccc(C(=O)OC)cc3[N+](=O)[O-])c2)CC1C. The number of nitrogens with one attached hydrogen (secondary N) is 1. The summed E-state index contributed by atoms with van der Waals surface area (Å²) in [5.41, 5.74) is 1.81. The van der Waals surface area contributed by atoms with Gasteiger partial charge in [-0.25, -0.2) is 4.79 Å². The maximum Gasteiger partial charge on any atom is 0.338 e. The van der Waals surface area contributed by atoms with Gasteiger partial charge in [-0.2, -0.15) is 0 Å². The second-order valence-corrected chi connectivity index (χ2v) is 8.24. The second kappa shape index (κ2) is 11.0. The molecule has 0 aromatic heterocycles. The zero-order valence-corrected chi connectivity index (χ0v) is 19.8. The lowest BCUT2D eigenvalue weighted by Gasteiger charge is -2.45. The number of benzene rings is 2. The van der Waals surface area contributed by atoms with E-state index in [9.17, 15) is 19.7 Å². The number of piperazine rings is 1. The monoisotopic (exact) mass is 470 g/mol. The van der Waals surface area contributed by atoms with Gasteiger partial charge < -0.3 is 19.7 Å². The molecule has 10 heteroatoms. The molecule has 10 nitrogen and oxygen atoms in total. The van der Waals surface area contributed by atoms with Crippen molar-refractivity contribution in [1.82, 2.24) is 4.90 Å². The summed E-state index contributed by atoms with van der Waals surface area (Å²) in [5, 5.41) is 14.7. The lowest BCUT2D eigenvalue weighted by atomic mass is 10.1. The highest BCUT2D eigenvalue weighted by molar-refractivity contribution is 5.91. The zero-order valence-electron chi connectivity index (χ0n) is 19.8. The van der Waals surface area contributed by atoms with Crippen molar-refractivity contribution in [1.29, 1.82) is 0 Å². The number of carbonyl (C=O) groups excluding carboxylic acids is 2. The fraction of sp³-hybridized carbons (Fsp3) is 0.417. The lowest BCUT2D eigenvalue weighted by molar-refractivity contribution is -0.383. The van der Waals surface area contributed by atoms with Crippen molar-refractivity contribution in [3.05, 3.63) is 58.1 Å². The first-order valence-corrected chi connectivity index (χ1v) is 11.1. The third kappa shape index (κ3) is 5.82. The molecular weight excluding hydrogens is 440 g/mol. The summed E-state index contributed by atoms with van der Waals surface area (Å²) >= 11 is 0. The number of hydrogen-bond acceptors (Lipinski definition) is 9. The summed E-state index contributed by atoms with van der Waals surface area (Å²) in [6, 6.07) is 12.1. The van der Waals surface area contributed by atoms with Crippen LogP contribution in [0.2, 0.25) is 0 Å². The van der Waals surface area contributed by atoms with Crippen LogP contribution in [0.25, 0.3) is 0 Å². The van der Waals surface area contributed by atoms with Gasteiger partial charge in [0, 0.05) is 42.6 Å². The smallest absolute Gasteiger partial charge is 0.338 e. The van der Waals surface area contributed by atoms with Gasteiger partial charge in [-0.3, -0.25) is 19.8 Å². The van der Waals surface area contributed by atoms with E-state index in [2.05, 4.69) is 33.7 Å². The van der Waals surface area contributed by atoms with Gasteiger partial charge in [0.1, 0.15) is 5.69 Å². The highest BCUT2D eigenvalue weighted by atomic mass is 16.6. The molecule has 2 atom stereocenters. The molecule has 2 unspecified atom stereocenters. The van der Waals surface area contributed by atoms with Crippen molar-refractivity contribution in [3.8, 4) is 0 Å². The summed E-state index contributed by atoms with van der Waals surface area (Å²) in [7, 11) is 1.23. The largest absolute Gasteiger partial charge is 0.465 e. The van der Waals surface area contributed by atoms with Crippen molar-refractivity contribution >= 4 is 34.7 Å². The van der Waals surface area contributed by atoms with Gasteiger partial charge in [0.25, 0.3) is 5.69 Å². The minimum atomic E-state index is -0.637. The number of nitro groups is 1. The van der Waals surface area contributed by atoms with Crippen molar-refractivity contribution < 1.29 is 24.0 Å². The average Bonchev–Trinajstić information content (AvgIpc) is 2.81. The Morgan fingerprint density at radius 3 is 2.47 bits per heavy atom. The van der Waals surface area contributed by atoms with Crippen LogP contribution in [0.4, 0.5) is 22.7 Å². The number of hydrogen-bond donors (Lipinski definition) is 1. The number of ether oxygens (including phenoxy) is 2. The normalized spacial score (nSPS) is 18.3. The maximum absolute atomic E-state index is 12.0. The third-order valence-corrected chi connectivity index (χ3v) is 5.82. The van der Waals surface area contributed by atoms with Crippen LogP contribution in [-0.4, -0.2) is 67.2 Å². The molecule has 3 rings (SSSR count). The summed E-state index contributed by atoms with van der Waals surface area (Å²) in [6.45, 7) is 8.03. The van der Waals surface area contributed by atoms with Gasteiger partial charge in [0.05, 0.1) is 30.7 Å². The number of nitro benzene ring substituents is 1. The Bertz CT molecular complexity index is 1050. The van der Waals surface area contributed by atoms with E-state index in [1.807, 2.05) is 24.3 Å². The van der Waals surface area contributed by atoms with Gasteiger partial charge in [-0.1, -0.05) is 6.07 Å². The lowest BCUT2D eigenvalue weighted by Crippen LogP contribution is -2.58. The molecule has 0 amide bonds. The second-order valence-electron chi connectivity index (χ2n) is 8.24. The van der Waals surface area contributed by atoms with E-state index >= 15 is 0 Å². The van der Waals surface area contributed by atoms with Crippen LogP contribution in [0.3, 0.4) is 0 Å². The molecule has 0 aliphatic carbocycles. The highest BCUT2D eigenvalue weighted by Gasteiger charge is 2.31. The van der Waals surface area contributed by atoms with Crippen LogP contribution in [0.15, 0.2) is 42.5 Å². The number of carbonyl (C=O) groups is 2. The molecule has 1 saturated heterocycles. The first-order chi connectivity index (χ1) is 16.2. The summed E-state index contributed by atoms with van der Waals surface area (Å²) in [4.78, 5) is 39.1. The first kappa shape index (κ1) is 25.0. The summed E-state index contributed by atoms with van der Waals surface area (Å²) in [5.74, 6) is -0.859. The Morgan fingerprint density at radius 1 is 1.15 bits per heavy atom. The number of methoxy groups -OCH3 is 1. The Balaban J connectivity index is 1.77. The molecule has 1 aliphatic heterocycles. The minimum absolute atomic E-state index is 0.108. The molecule has 0 saturated carbocycles. The third-order valence-electron chi connectivity index (χ3n) is 5.82. The van der Waals surface area contributed by atoms with Gasteiger partial charge in [0.15, 0.2) is 0 Å². The maximum atomic E-state index is 12.0. The highest BCUT2D eigenvalue weighted by Crippen LogP contribution is 2.31. The molecule has 2 aromatic rings. The number of anilines is 3. The van der Waals surface area contributed by atoms with Crippen molar-refractivity contribution in [3.63, 3.8) is 0 Å². The predicted molar refractivity (Wildman–Crippen MR) is 129 cm³/mol. The van der Waals surface area contributed by atoms with Crippen molar-refractivity contribution in [2.45, 2.75) is 32.9 Å². The van der Waals surface area contributed by atoms with Gasteiger partial charge in [-0.15, -0.1) is 0 Å². The Hall–Kier alpha value is -3.66. The van der Waals surface area contributed by atoms with Gasteiger partial charge in [-0.05, 0) is 51.1 Å². The Labute approximate surface area is 198 Å². The molecule has 0 radical (unpaired) electrons. The van der Waals surface area contributed by atoms with E-state index in [0.717, 1.165) is 18.8 Å². The van der Waals surface area contributed by atoms with E-state index in [1.54, 1.807) is 6.92 Å². The molecule has 1 heterocycles. The van der Waals surface area contributed by atoms with Gasteiger partial charge in [0.2, 0.25) is 0 Å². The molecule has 0 spiro atoms. The molecule has 2 aromatic carbocycles. The van der Waals surface area contributed by atoms with E-state index in [1.165, 1.54) is 25.3 Å². The average molecular weight is 471 g/mol. The molecule has 182 valence electrons. The van der Waals surface area contributed by atoms with E-state index in [4.69, 9.17) is 4.74 Å². The fourth-order valence-corrected chi connectivity index (χ4v) is 4.20. The van der Waals surface area contributed by atoms with Crippen LogP contribution in [0, 0.1) is 10.1 Å². The molecule has 1 N–H and O–H groups in total. The van der Waals surface area contributed by atoms with Crippen LogP contribution < -0.4 is 10.2 Å².